The lowest BCUT2D eigenvalue weighted by atomic mass is 10.0. The molecule has 0 spiro atoms. The molecule has 1 saturated heterocycles. The van der Waals surface area contributed by atoms with Crippen molar-refractivity contribution in [2.45, 2.75) is 37.4 Å². The molecule has 0 saturated carbocycles. The van der Waals surface area contributed by atoms with Gasteiger partial charge in [0, 0.05) is 32.4 Å². The van der Waals surface area contributed by atoms with Crippen molar-refractivity contribution in [1.82, 2.24) is 14.9 Å². The van der Waals surface area contributed by atoms with Gasteiger partial charge in [0.25, 0.3) is 0 Å². The van der Waals surface area contributed by atoms with Crippen LogP contribution in [-0.2, 0) is 0 Å². The largest absolute Gasteiger partial charge is 0.358 e. The number of anilines is 1. The van der Waals surface area contributed by atoms with Crippen LogP contribution in [0.3, 0.4) is 0 Å². The summed E-state index contributed by atoms with van der Waals surface area (Å²) >= 11 is 1.59. The van der Waals surface area contributed by atoms with Gasteiger partial charge in [-0.15, -0.1) is 0 Å². The van der Waals surface area contributed by atoms with Crippen LogP contribution in [-0.4, -0.2) is 53.8 Å². The third-order valence-electron chi connectivity index (χ3n) is 3.86. The minimum Gasteiger partial charge on any atom is -0.358 e. The molecule has 2 heterocycles. The van der Waals surface area contributed by atoms with Gasteiger partial charge in [0.2, 0.25) is 0 Å². The van der Waals surface area contributed by atoms with Gasteiger partial charge in [0.15, 0.2) is 5.16 Å². The SMILES string of the molecule is CSc1nccc(N(C)CCN2CCCCC2C)n1. The maximum Gasteiger partial charge on any atom is 0.189 e. The maximum atomic E-state index is 4.53. The molecule has 0 aromatic carbocycles. The van der Waals surface area contributed by atoms with Crippen molar-refractivity contribution < 1.29 is 0 Å². The number of hydrogen-bond donors (Lipinski definition) is 0. The van der Waals surface area contributed by atoms with E-state index in [1.54, 1.807) is 11.8 Å². The summed E-state index contributed by atoms with van der Waals surface area (Å²) in [6.07, 6.45) is 7.92. The Bertz CT molecular complexity index is 399. The molecule has 1 fully saturated rings. The molecule has 19 heavy (non-hydrogen) atoms. The zero-order chi connectivity index (χ0) is 13.7. The highest BCUT2D eigenvalue weighted by Crippen LogP contribution is 2.17. The summed E-state index contributed by atoms with van der Waals surface area (Å²) in [7, 11) is 2.11. The van der Waals surface area contributed by atoms with Crippen molar-refractivity contribution in [3.63, 3.8) is 0 Å². The lowest BCUT2D eigenvalue weighted by Crippen LogP contribution is -2.42. The highest BCUT2D eigenvalue weighted by atomic mass is 32.2. The van der Waals surface area contributed by atoms with Gasteiger partial charge in [-0.3, -0.25) is 4.90 Å². The smallest absolute Gasteiger partial charge is 0.189 e. The molecule has 106 valence electrons. The van der Waals surface area contributed by atoms with E-state index in [-0.39, 0.29) is 0 Å². The predicted molar refractivity (Wildman–Crippen MR) is 82.0 cm³/mol. The molecule has 0 aliphatic carbocycles. The van der Waals surface area contributed by atoms with Gasteiger partial charge in [-0.2, -0.15) is 0 Å². The minimum atomic E-state index is 0.731. The summed E-state index contributed by atoms with van der Waals surface area (Å²) in [6, 6.07) is 2.72. The Hall–Kier alpha value is -0.810. The zero-order valence-electron chi connectivity index (χ0n) is 12.2. The number of nitrogens with zero attached hydrogens (tertiary/aromatic N) is 4. The quantitative estimate of drug-likeness (QED) is 0.611. The first-order chi connectivity index (χ1) is 9.20. The van der Waals surface area contributed by atoms with Crippen molar-refractivity contribution >= 4 is 17.6 Å². The van der Waals surface area contributed by atoms with Crippen LogP contribution in [0.4, 0.5) is 5.82 Å². The predicted octanol–water partition coefficient (Wildman–Crippen LogP) is 2.51. The van der Waals surface area contributed by atoms with Crippen LogP contribution in [0.25, 0.3) is 0 Å². The Morgan fingerprint density at radius 1 is 1.47 bits per heavy atom. The van der Waals surface area contributed by atoms with Gasteiger partial charge in [0.1, 0.15) is 5.82 Å². The van der Waals surface area contributed by atoms with Gasteiger partial charge in [0.05, 0.1) is 0 Å². The molecule has 1 aliphatic rings. The minimum absolute atomic E-state index is 0.731. The van der Waals surface area contributed by atoms with Crippen LogP contribution in [0.15, 0.2) is 17.4 Å². The number of hydrogen-bond acceptors (Lipinski definition) is 5. The second-order valence-electron chi connectivity index (χ2n) is 5.20. The summed E-state index contributed by atoms with van der Waals surface area (Å²) in [5.41, 5.74) is 0. The van der Waals surface area contributed by atoms with E-state index in [1.807, 2.05) is 18.5 Å². The molecule has 0 radical (unpaired) electrons. The average Bonchev–Trinajstić information content (AvgIpc) is 2.46. The molecule has 1 aliphatic heterocycles. The molecule has 0 amide bonds. The van der Waals surface area contributed by atoms with Gasteiger partial charge in [-0.05, 0) is 38.6 Å². The van der Waals surface area contributed by atoms with Crippen LogP contribution in [0.2, 0.25) is 0 Å². The second-order valence-corrected chi connectivity index (χ2v) is 5.98. The van der Waals surface area contributed by atoms with Crippen molar-refractivity contribution in [3.8, 4) is 0 Å². The molecule has 1 aromatic heterocycles. The third kappa shape index (κ3) is 4.08. The number of piperidine rings is 1. The van der Waals surface area contributed by atoms with Crippen molar-refractivity contribution in [1.29, 1.82) is 0 Å². The van der Waals surface area contributed by atoms with Gasteiger partial charge >= 0.3 is 0 Å². The Balaban J connectivity index is 1.87. The van der Waals surface area contributed by atoms with Crippen LogP contribution in [0.1, 0.15) is 26.2 Å². The standard InChI is InChI=1S/C14H24N4S/c1-12-6-4-5-9-18(12)11-10-17(2)13-7-8-15-14(16-13)19-3/h7-8,12H,4-6,9-11H2,1-3H3. The van der Waals surface area contributed by atoms with Gasteiger partial charge in [-0.25, -0.2) is 9.97 Å². The topological polar surface area (TPSA) is 32.3 Å². The number of aromatic nitrogens is 2. The van der Waals surface area contributed by atoms with E-state index in [9.17, 15) is 0 Å². The Labute approximate surface area is 120 Å². The molecule has 1 atom stereocenters. The fourth-order valence-corrected chi connectivity index (χ4v) is 2.88. The normalized spacial score (nSPS) is 20.5. The van der Waals surface area contributed by atoms with E-state index >= 15 is 0 Å². The Kier molecular flexibility index (Phi) is 5.45. The van der Waals surface area contributed by atoms with E-state index in [2.05, 4.69) is 33.7 Å². The fraction of sp³-hybridized carbons (Fsp3) is 0.714. The molecule has 5 heteroatoms. The number of thioether (sulfide) groups is 1. The van der Waals surface area contributed by atoms with Crippen LogP contribution in [0, 0.1) is 0 Å². The zero-order valence-corrected chi connectivity index (χ0v) is 13.0. The van der Waals surface area contributed by atoms with Gasteiger partial charge in [-0.1, -0.05) is 18.2 Å². The molecule has 4 nitrogen and oxygen atoms in total. The van der Waals surface area contributed by atoms with E-state index < -0.39 is 0 Å². The van der Waals surface area contributed by atoms with Crippen LogP contribution in [0.5, 0.6) is 0 Å². The van der Waals surface area contributed by atoms with E-state index in [0.29, 0.717) is 0 Å². The van der Waals surface area contributed by atoms with E-state index in [4.69, 9.17) is 0 Å². The molecular weight excluding hydrogens is 256 g/mol. The Morgan fingerprint density at radius 2 is 2.32 bits per heavy atom. The Morgan fingerprint density at radius 3 is 3.05 bits per heavy atom. The lowest BCUT2D eigenvalue weighted by molar-refractivity contribution is 0.165. The third-order valence-corrected chi connectivity index (χ3v) is 4.42. The first kappa shape index (κ1) is 14.6. The van der Waals surface area contributed by atoms with Crippen molar-refractivity contribution in [3.05, 3.63) is 12.3 Å². The van der Waals surface area contributed by atoms with Crippen molar-refractivity contribution in [2.75, 3.05) is 37.8 Å². The van der Waals surface area contributed by atoms with Gasteiger partial charge < -0.3 is 4.90 Å². The first-order valence-corrected chi connectivity index (χ1v) is 8.25. The van der Waals surface area contributed by atoms with E-state index in [0.717, 1.165) is 30.1 Å². The number of rotatable bonds is 5. The van der Waals surface area contributed by atoms with Crippen LogP contribution < -0.4 is 4.90 Å². The lowest BCUT2D eigenvalue weighted by Gasteiger charge is -2.34. The summed E-state index contributed by atoms with van der Waals surface area (Å²) in [6.45, 7) is 5.73. The fourth-order valence-electron chi connectivity index (χ4n) is 2.53. The maximum absolute atomic E-state index is 4.53. The summed E-state index contributed by atoms with van der Waals surface area (Å²) in [5.74, 6) is 1.02. The second kappa shape index (κ2) is 7.10. The van der Waals surface area contributed by atoms with Crippen LogP contribution >= 0.6 is 11.8 Å². The molecule has 0 N–H and O–H groups in total. The monoisotopic (exact) mass is 280 g/mol. The highest BCUT2D eigenvalue weighted by Gasteiger charge is 2.18. The molecule has 1 aromatic rings. The van der Waals surface area contributed by atoms with E-state index in [1.165, 1.54) is 25.8 Å². The average molecular weight is 280 g/mol. The number of likely N-dealkylation sites (N-methyl/N-ethyl adjacent to an activating group) is 1. The molecule has 1 unspecified atom stereocenters. The summed E-state index contributed by atoms with van der Waals surface area (Å²) < 4.78 is 0. The summed E-state index contributed by atoms with van der Waals surface area (Å²) in [5, 5.41) is 0.843. The first-order valence-electron chi connectivity index (χ1n) is 7.03. The molecule has 0 bridgehead atoms. The summed E-state index contributed by atoms with van der Waals surface area (Å²) in [4.78, 5) is 13.6. The van der Waals surface area contributed by atoms with Crippen molar-refractivity contribution in [2.24, 2.45) is 0 Å². The number of likely N-dealkylation sites (tertiary alicyclic amines) is 1. The molecule has 2 rings (SSSR count). The highest BCUT2D eigenvalue weighted by molar-refractivity contribution is 7.98. The molecular formula is C14H24N4S.